The van der Waals surface area contributed by atoms with Gasteiger partial charge in [-0.1, -0.05) is 6.92 Å². The van der Waals surface area contributed by atoms with E-state index in [2.05, 4.69) is 0 Å². The molecule has 0 amide bonds. The second kappa shape index (κ2) is 8.97. The fraction of sp³-hybridized carbons (Fsp3) is 0.467. The maximum atomic E-state index is 11.7. The summed E-state index contributed by atoms with van der Waals surface area (Å²) in [5, 5.41) is 0. The number of carbonyl (C=O) groups is 2. The average Bonchev–Trinajstić information content (AvgIpc) is 2.50. The van der Waals surface area contributed by atoms with E-state index in [1.165, 1.54) is 0 Å². The summed E-state index contributed by atoms with van der Waals surface area (Å²) in [5.41, 5.74) is 5.79. The molecule has 0 heterocycles. The number of rotatable bonds is 9. The molecule has 0 spiro atoms. The number of hydrogen-bond donors (Lipinski definition) is 1. The van der Waals surface area contributed by atoms with E-state index in [1.54, 1.807) is 25.1 Å². The van der Waals surface area contributed by atoms with E-state index >= 15 is 0 Å². The summed E-state index contributed by atoms with van der Waals surface area (Å²) < 4.78 is 15.6. The van der Waals surface area contributed by atoms with Crippen LogP contribution in [0.25, 0.3) is 0 Å². The average molecular weight is 295 g/mol. The molecule has 21 heavy (non-hydrogen) atoms. The van der Waals surface area contributed by atoms with Gasteiger partial charge in [0, 0.05) is 6.07 Å². The van der Waals surface area contributed by atoms with Gasteiger partial charge in [-0.25, -0.2) is 4.79 Å². The third-order valence-corrected chi connectivity index (χ3v) is 2.56. The predicted octanol–water partition coefficient (Wildman–Crippen LogP) is 1.56. The largest absolute Gasteiger partial charge is 0.493 e. The highest BCUT2D eigenvalue weighted by Crippen LogP contribution is 2.25. The Bertz CT molecular complexity index is 487. The number of Topliss-reactive ketones (excluding diaryl/α,β-unsaturated/α-hetero) is 1. The molecular weight excluding hydrogens is 274 g/mol. The van der Waals surface area contributed by atoms with Crippen LogP contribution in [0, 0.1) is 0 Å². The Morgan fingerprint density at radius 3 is 2.57 bits per heavy atom. The molecule has 0 saturated carbocycles. The van der Waals surface area contributed by atoms with Crippen LogP contribution >= 0.6 is 0 Å². The minimum Gasteiger partial charge on any atom is -0.493 e. The highest BCUT2D eigenvalue weighted by molar-refractivity contribution is 6.00. The Balaban J connectivity index is 2.82. The van der Waals surface area contributed by atoms with E-state index in [1.807, 2.05) is 6.92 Å². The van der Waals surface area contributed by atoms with Gasteiger partial charge in [-0.2, -0.15) is 0 Å². The van der Waals surface area contributed by atoms with Gasteiger partial charge in [-0.05, 0) is 25.5 Å². The second-order valence-electron chi connectivity index (χ2n) is 4.23. The number of nitrogens with two attached hydrogens (primary N) is 1. The minimum absolute atomic E-state index is 0.0918. The molecule has 0 radical (unpaired) electrons. The molecule has 0 bridgehead atoms. The molecule has 0 aliphatic rings. The van der Waals surface area contributed by atoms with Crippen LogP contribution in [0.3, 0.4) is 0 Å². The van der Waals surface area contributed by atoms with Crippen molar-refractivity contribution in [3.8, 4) is 11.5 Å². The van der Waals surface area contributed by atoms with Gasteiger partial charge in [-0.15, -0.1) is 0 Å². The third kappa shape index (κ3) is 5.43. The molecule has 1 aromatic rings. The Labute approximate surface area is 124 Å². The van der Waals surface area contributed by atoms with Crippen LogP contribution < -0.4 is 15.2 Å². The predicted molar refractivity (Wildman–Crippen MR) is 77.7 cm³/mol. The SMILES string of the molecule is CCCOc1cc(OCC(=O)OCC)ccc1C(=O)CN. The Morgan fingerprint density at radius 2 is 1.95 bits per heavy atom. The smallest absolute Gasteiger partial charge is 0.344 e. The molecule has 6 heteroatoms. The van der Waals surface area contributed by atoms with Gasteiger partial charge in [0.15, 0.2) is 12.4 Å². The van der Waals surface area contributed by atoms with E-state index in [9.17, 15) is 9.59 Å². The monoisotopic (exact) mass is 295 g/mol. The van der Waals surface area contributed by atoms with Gasteiger partial charge >= 0.3 is 5.97 Å². The molecule has 0 aromatic heterocycles. The van der Waals surface area contributed by atoms with E-state index < -0.39 is 5.97 Å². The maximum Gasteiger partial charge on any atom is 0.344 e. The Kier molecular flexibility index (Phi) is 7.25. The number of hydrogen-bond acceptors (Lipinski definition) is 6. The summed E-state index contributed by atoms with van der Waals surface area (Å²) in [5.74, 6) is 0.185. The van der Waals surface area contributed by atoms with Crippen molar-refractivity contribution in [3.05, 3.63) is 23.8 Å². The van der Waals surface area contributed by atoms with Crippen molar-refractivity contribution in [2.75, 3.05) is 26.4 Å². The third-order valence-electron chi connectivity index (χ3n) is 2.56. The molecule has 0 aliphatic heterocycles. The van der Waals surface area contributed by atoms with Gasteiger partial charge in [0.2, 0.25) is 0 Å². The lowest BCUT2D eigenvalue weighted by molar-refractivity contribution is -0.145. The van der Waals surface area contributed by atoms with Crippen molar-refractivity contribution in [1.29, 1.82) is 0 Å². The Hall–Kier alpha value is -2.08. The van der Waals surface area contributed by atoms with Crippen LogP contribution in [0.1, 0.15) is 30.6 Å². The van der Waals surface area contributed by atoms with Crippen LogP contribution in [0.15, 0.2) is 18.2 Å². The van der Waals surface area contributed by atoms with Crippen molar-refractivity contribution in [2.45, 2.75) is 20.3 Å². The number of ether oxygens (including phenoxy) is 3. The molecule has 2 N–H and O–H groups in total. The van der Waals surface area contributed by atoms with Crippen molar-refractivity contribution in [2.24, 2.45) is 5.73 Å². The highest BCUT2D eigenvalue weighted by atomic mass is 16.6. The normalized spacial score (nSPS) is 10.0. The van der Waals surface area contributed by atoms with Gasteiger partial charge in [-0.3, -0.25) is 4.79 Å². The van der Waals surface area contributed by atoms with Crippen LogP contribution in [0.4, 0.5) is 0 Å². The molecule has 116 valence electrons. The molecule has 0 fully saturated rings. The van der Waals surface area contributed by atoms with E-state index in [4.69, 9.17) is 19.9 Å². The standard InChI is InChI=1S/C15H21NO5/c1-3-7-20-14-8-11(21-10-15(18)19-4-2)5-6-12(14)13(17)9-16/h5-6,8H,3-4,7,9-10,16H2,1-2H3. The van der Waals surface area contributed by atoms with Gasteiger partial charge < -0.3 is 19.9 Å². The lowest BCUT2D eigenvalue weighted by atomic mass is 10.1. The number of ketones is 1. The Morgan fingerprint density at radius 1 is 1.19 bits per heavy atom. The molecular formula is C15H21NO5. The van der Waals surface area contributed by atoms with E-state index in [-0.39, 0.29) is 18.9 Å². The first-order valence-corrected chi connectivity index (χ1v) is 6.90. The second-order valence-corrected chi connectivity index (χ2v) is 4.23. The van der Waals surface area contributed by atoms with Gasteiger partial charge in [0.05, 0.1) is 25.3 Å². The fourth-order valence-corrected chi connectivity index (χ4v) is 1.61. The van der Waals surface area contributed by atoms with Crippen LogP contribution in [0.2, 0.25) is 0 Å². The summed E-state index contributed by atoms with van der Waals surface area (Å²) in [6.07, 6.45) is 0.810. The fourth-order valence-electron chi connectivity index (χ4n) is 1.61. The van der Waals surface area contributed by atoms with Crippen LogP contribution in [0.5, 0.6) is 11.5 Å². The van der Waals surface area contributed by atoms with Gasteiger partial charge in [0.25, 0.3) is 0 Å². The van der Waals surface area contributed by atoms with Gasteiger partial charge in [0.1, 0.15) is 11.5 Å². The molecule has 0 saturated heterocycles. The van der Waals surface area contributed by atoms with E-state index in [0.29, 0.717) is 30.3 Å². The number of benzene rings is 1. The van der Waals surface area contributed by atoms with Crippen molar-refractivity contribution < 1.29 is 23.8 Å². The molecule has 0 atom stereocenters. The summed E-state index contributed by atoms with van der Waals surface area (Å²) >= 11 is 0. The number of carbonyl (C=O) groups excluding carboxylic acids is 2. The molecule has 6 nitrogen and oxygen atoms in total. The summed E-state index contributed by atoms with van der Waals surface area (Å²) in [4.78, 5) is 23.0. The van der Waals surface area contributed by atoms with Crippen LogP contribution in [-0.4, -0.2) is 38.1 Å². The van der Waals surface area contributed by atoms with E-state index in [0.717, 1.165) is 6.42 Å². The molecule has 0 unspecified atom stereocenters. The zero-order chi connectivity index (χ0) is 15.7. The van der Waals surface area contributed by atoms with Crippen LogP contribution in [-0.2, 0) is 9.53 Å². The zero-order valence-electron chi connectivity index (χ0n) is 12.4. The molecule has 0 aliphatic carbocycles. The first-order chi connectivity index (χ1) is 10.1. The van der Waals surface area contributed by atoms with Crippen molar-refractivity contribution in [1.82, 2.24) is 0 Å². The zero-order valence-corrected chi connectivity index (χ0v) is 12.4. The summed E-state index contributed by atoms with van der Waals surface area (Å²) in [6, 6.07) is 4.76. The maximum absolute atomic E-state index is 11.7. The van der Waals surface area contributed by atoms with Crippen molar-refractivity contribution in [3.63, 3.8) is 0 Å². The first kappa shape index (κ1) is 17.0. The lowest BCUT2D eigenvalue weighted by Gasteiger charge is -2.12. The summed E-state index contributed by atoms with van der Waals surface area (Å²) in [6.45, 7) is 4.19. The number of esters is 1. The topological polar surface area (TPSA) is 87.9 Å². The minimum atomic E-state index is -0.448. The quantitative estimate of drug-likeness (QED) is 0.549. The molecule has 1 aromatic carbocycles. The first-order valence-electron chi connectivity index (χ1n) is 6.90. The molecule has 1 rings (SSSR count). The lowest BCUT2D eigenvalue weighted by Crippen LogP contribution is -2.16. The highest BCUT2D eigenvalue weighted by Gasteiger charge is 2.13. The van der Waals surface area contributed by atoms with Crippen molar-refractivity contribution >= 4 is 11.8 Å². The summed E-state index contributed by atoms with van der Waals surface area (Å²) in [7, 11) is 0.